The average Bonchev–Trinajstić information content (AvgIpc) is 3.54. The van der Waals surface area contributed by atoms with Gasteiger partial charge in [-0.2, -0.15) is 0 Å². The van der Waals surface area contributed by atoms with Crippen LogP contribution in [0.3, 0.4) is 0 Å². The summed E-state index contributed by atoms with van der Waals surface area (Å²) < 4.78 is 4.32. The minimum absolute atomic E-state index is 0. The molecule has 0 saturated carbocycles. The molecule has 0 aromatic heterocycles. The molecule has 3 aliphatic rings. The molecule has 0 nitrogen and oxygen atoms in total. The Balaban J connectivity index is 0.00000200. The van der Waals surface area contributed by atoms with E-state index >= 15 is 0 Å². The van der Waals surface area contributed by atoms with E-state index in [1.807, 2.05) is 0 Å². The third-order valence-electron chi connectivity index (χ3n) is 11.4. The fraction of sp³-hybridized carbons (Fsp3) is 0.333. The van der Waals surface area contributed by atoms with Crippen molar-refractivity contribution in [1.29, 1.82) is 0 Å². The third kappa shape index (κ3) is 5.21. The van der Waals surface area contributed by atoms with E-state index in [0.29, 0.717) is 7.25 Å². The van der Waals surface area contributed by atoms with Crippen molar-refractivity contribution in [3.8, 4) is 22.3 Å². The van der Waals surface area contributed by atoms with E-state index in [1.165, 1.54) is 75.0 Å². The van der Waals surface area contributed by atoms with Gasteiger partial charge in [0.15, 0.2) is 0 Å². The zero-order chi connectivity index (χ0) is 30.5. The first-order valence-electron chi connectivity index (χ1n) is 16.2. The minimum Gasteiger partial charge on any atom is -1.00 e. The molecule has 2 aliphatic carbocycles. The number of allylic oxidation sites excluding steroid dienone is 2. The van der Waals surface area contributed by atoms with Gasteiger partial charge in [0.25, 0.3) is 0 Å². The Bertz CT molecular complexity index is 1800. The monoisotopic (exact) mass is 710 g/mol. The largest absolute Gasteiger partial charge is 1.00 e. The van der Waals surface area contributed by atoms with Crippen molar-refractivity contribution < 1.29 is 45.1 Å². The molecule has 0 N–H and O–H groups in total. The maximum atomic E-state index is 2.61. The van der Waals surface area contributed by atoms with Crippen LogP contribution in [0.5, 0.6) is 0 Å². The third-order valence-corrected chi connectivity index (χ3v) is 24.8. The van der Waals surface area contributed by atoms with Crippen molar-refractivity contribution in [2.45, 2.75) is 84.7 Å². The molecule has 4 aromatic carbocycles. The molecule has 2 unspecified atom stereocenters. The quantitative estimate of drug-likeness (QED) is 0.240. The number of hydrogen-bond donors (Lipinski definition) is 0. The van der Waals surface area contributed by atoms with Crippen molar-refractivity contribution in [2.75, 3.05) is 0 Å². The Labute approximate surface area is 288 Å². The van der Waals surface area contributed by atoms with Gasteiger partial charge in [0.05, 0.1) is 0 Å². The van der Waals surface area contributed by atoms with Gasteiger partial charge in [-0.3, -0.25) is 0 Å². The van der Waals surface area contributed by atoms with Crippen LogP contribution in [-0.2, 0) is 20.3 Å². The second kappa shape index (κ2) is 12.1. The van der Waals surface area contributed by atoms with Crippen LogP contribution in [-0.4, -0.2) is 0 Å². The van der Waals surface area contributed by atoms with E-state index in [4.69, 9.17) is 0 Å². The van der Waals surface area contributed by atoms with Crippen molar-refractivity contribution in [3.05, 3.63) is 126 Å². The van der Waals surface area contributed by atoms with Gasteiger partial charge < -0.3 is 24.8 Å². The van der Waals surface area contributed by atoms with Gasteiger partial charge in [0.1, 0.15) is 0 Å². The molecule has 1 aliphatic heterocycles. The predicted octanol–water partition coefficient (Wildman–Crippen LogP) is 6.12. The number of hydrogen-bond acceptors (Lipinski definition) is 0. The van der Waals surface area contributed by atoms with E-state index in [0.717, 1.165) is 0 Å². The standard InChI is InChI=1S/2C20H21.C2H4.2ClH.Zr/c2*1-12-6-7-14(3)17(8-12)20-11-15(4)16(5)18-9-13(2)10-19(18)20;1-2;;;/h2*6-11H,1-5H3;1-2H2;2*1H;/q;;;;;+2/p-2. The molecular weight excluding hydrogens is 667 g/mol. The Morgan fingerprint density at radius 2 is 0.844 bits per heavy atom. The number of benzene rings is 4. The molecule has 4 aromatic rings. The molecule has 45 heavy (non-hydrogen) atoms. The molecule has 232 valence electrons. The van der Waals surface area contributed by atoms with Crippen LogP contribution in [0.4, 0.5) is 0 Å². The van der Waals surface area contributed by atoms with Crippen LogP contribution in [0, 0.1) is 55.4 Å². The van der Waals surface area contributed by atoms with E-state index in [1.54, 1.807) is 33.4 Å². The average molecular weight is 713 g/mol. The van der Waals surface area contributed by atoms with Crippen LogP contribution in [0.2, 0.25) is 8.26 Å². The molecule has 1 saturated heterocycles. The van der Waals surface area contributed by atoms with E-state index < -0.39 is 20.3 Å². The van der Waals surface area contributed by atoms with E-state index in [2.05, 4.69) is 130 Å². The van der Waals surface area contributed by atoms with Gasteiger partial charge in [-0.1, -0.05) is 0 Å². The Hall–Kier alpha value is -2.18. The zero-order valence-corrected chi connectivity index (χ0v) is 32.6. The molecule has 0 bridgehead atoms. The van der Waals surface area contributed by atoms with E-state index in [-0.39, 0.29) is 24.8 Å². The number of halogens is 2. The normalized spacial score (nSPS) is 18.1. The number of fused-ring (bicyclic) bond motifs is 2. The van der Waals surface area contributed by atoms with Crippen molar-refractivity contribution in [1.82, 2.24) is 0 Å². The summed E-state index contributed by atoms with van der Waals surface area (Å²) in [5, 5.41) is 0. The fourth-order valence-electron chi connectivity index (χ4n) is 8.92. The first kappa shape index (κ1) is 34.2. The first-order chi connectivity index (χ1) is 20.4. The maximum Gasteiger partial charge on any atom is -1.00 e. The van der Waals surface area contributed by atoms with Crippen molar-refractivity contribution in [3.63, 3.8) is 0 Å². The predicted molar refractivity (Wildman–Crippen MR) is 184 cm³/mol. The van der Waals surface area contributed by atoms with Crippen molar-refractivity contribution >= 4 is 12.2 Å². The summed E-state index contributed by atoms with van der Waals surface area (Å²) in [6.07, 6.45) is 5.22. The van der Waals surface area contributed by atoms with Crippen LogP contribution in [0.15, 0.2) is 59.7 Å². The van der Waals surface area contributed by atoms with Crippen LogP contribution < -0.4 is 24.8 Å². The number of aryl methyl sites for hydroxylation is 6. The Kier molecular flexibility index (Phi) is 9.20. The van der Waals surface area contributed by atoms with Crippen molar-refractivity contribution in [2.24, 2.45) is 0 Å². The summed E-state index contributed by atoms with van der Waals surface area (Å²) >= 11 is -2.77. The van der Waals surface area contributed by atoms with Gasteiger partial charge >= 0.3 is 266 Å². The second-order valence-corrected chi connectivity index (χ2v) is 25.8. The van der Waals surface area contributed by atoms with Gasteiger partial charge in [-0.15, -0.1) is 0 Å². The second-order valence-electron chi connectivity index (χ2n) is 14.4. The first-order valence-corrected chi connectivity index (χ1v) is 22.5. The summed E-state index contributed by atoms with van der Waals surface area (Å²) in [5.41, 5.74) is 26.9. The summed E-state index contributed by atoms with van der Waals surface area (Å²) in [4.78, 5) is 0. The smallest absolute Gasteiger partial charge is 1.00 e. The summed E-state index contributed by atoms with van der Waals surface area (Å²) in [6.45, 7) is 23.5. The van der Waals surface area contributed by atoms with Crippen LogP contribution >= 0.6 is 0 Å². The minimum atomic E-state index is -2.77. The zero-order valence-electron chi connectivity index (χ0n) is 28.6. The molecule has 2 atom stereocenters. The van der Waals surface area contributed by atoms with Crippen LogP contribution in [0.1, 0.15) is 87.9 Å². The van der Waals surface area contributed by atoms with Gasteiger partial charge in [0.2, 0.25) is 0 Å². The van der Waals surface area contributed by atoms with Gasteiger partial charge in [-0.25, -0.2) is 0 Å². The van der Waals surface area contributed by atoms with Gasteiger partial charge in [-0.05, 0) is 0 Å². The molecule has 1 fully saturated rings. The summed E-state index contributed by atoms with van der Waals surface area (Å²) in [7, 11) is 0. The summed E-state index contributed by atoms with van der Waals surface area (Å²) in [6, 6.07) is 18.9. The molecule has 7 rings (SSSR count). The molecule has 3 heteroatoms. The fourth-order valence-corrected chi connectivity index (χ4v) is 27.0. The molecular formula is C42H46Cl2Zr. The molecule has 0 radical (unpaired) electrons. The molecule has 0 spiro atoms. The molecule has 1 heterocycles. The van der Waals surface area contributed by atoms with Crippen LogP contribution in [0.25, 0.3) is 34.4 Å². The van der Waals surface area contributed by atoms with Gasteiger partial charge in [0, 0.05) is 0 Å². The van der Waals surface area contributed by atoms with E-state index in [9.17, 15) is 0 Å². The topological polar surface area (TPSA) is 0 Å². The summed E-state index contributed by atoms with van der Waals surface area (Å²) in [5.74, 6) is 0. The maximum absolute atomic E-state index is 2.77. The Morgan fingerprint density at radius 3 is 1.20 bits per heavy atom. The number of rotatable bonds is 4. The Morgan fingerprint density at radius 1 is 0.467 bits per heavy atom. The molecule has 0 amide bonds. The SMILES string of the molecule is CC1=Cc2c(-c3cc(C)ccc3C)cc(C)c(C)c2[CH]1[Zr+2]1([CH]2C(C)=Cc3c(-c4cc(C)ccc4C)cc(C)c(C)c32)[CH2][CH2]1.[Cl-].[Cl-].